The van der Waals surface area contributed by atoms with Gasteiger partial charge in [0.05, 0.1) is 55.6 Å². The van der Waals surface area contributed by atoms with E-state index in [4.69, 9.17) is 4.74 Å². The summed E-state index contributed by atoms with van der Waals surface area (Å²) in [5, 5.41) is 15.2. The van der Waals surface area contributed by atoms with Crippen LogP contribution in [-0.4, -0.2) is 57.7 Å². The van der Waals surface area contributed by atoms with Gasteiger partial charge in [-0.15, -0.1) is 0 Å². The Morgan fingerprint density at radius 1 is 0.943 bits per heavy atom. The van der Waals surface area contributed by atoms with Crippen molar-refractivity contribution in [3.05, 3.63) is 78.8 Å². The van der Waals surface area contributed by atoms with Crippen LogP contribution in [0.15, 0.2) is 72.4 Å². The van der Waals surface area contributed by atoms with E-state index in [-0.39, 0.29) is 11.8 Å². The Hall–Kier alpha value is -4.51. The highest BCUT2D eigenvalue weighted by Gasteiger charge is 2.17. The smallest absolute Gasteiger partial charge is 0.245 e. The molecule has 4 heterocycles. The number of pyridine rings is 1. The summed E-state index contributed by atoms with van der Waals surface area (Å²) in [6, 6.07) is 13.6. The SMILES string of the molecule is Fc1cnc(N/N=C/c2ccc(Nc3cccc(-c4ccnnc4)c3)cn2)nc1N1CCOCC1. The van der Waals surface area contributed by atoms with Gasteiger partial charge >= 0.3 is 0 Å². The fourth-order valence-corrected chi connectivity index (χ4v) is 3.53. The van der Waals surface area contributed by atoms with E-state index in [1.165, 1.54) is 0 Å². The molecule has 1 saturated heterocycles. The lowest BCUT2D eigenvalue weighted by Crippen LogP contribution is -2.37. The number of hydrogen-bond acceptors (Lipinski definition) is 10. The quantitative estimate of drug-likeness (QED) is 0.309. The summed E-state index contributed by atoms with van der Waals surface area (Å²) in [4.78, 5) is 14.4. The minimum Gasteiger partial charge on any atom is -0.378 e. The molecule has 11 heteroatoms. The lowest BCUT2D eigenvalue weighted by atomic mass is 10.1. The van der Waals surface area contributed by atoms with Gasteiger partial charge in [-0.3, -0.25) is 4.98 Å². The summed E-state index contributed by atoms with van der Waals surface area (Å²) >= 11 is 0. The summed E-state index contributed by atoms with van der Waals surface area (Å²) in [5.41, 5.74) is 7.15. The molecule has 5 rings (SSSR count). The third-order valence-electron chi connectivity index (χ3n) is 5.25. The number of nitrogens with one attached hydrogen (secondary N) is 2. The number of rotatable bonds is 7. The molecule has 1 aromatic carbocycles. The number of hydrazone groups is 1. The van der Waals surface area contributed by atoms with Crippen LogP contribution in [0.2, 0.25) is 0 Å². The maximum Gasteiger partial charge on any atom is 0.245 e. The molecule has 10 nitrogen and oxygen atoms in total. The molecular formula is C24H22FN9O. The molecule has 0 amide bonds. The van der Waals surface area contributed by atoms with Crippen LogP contribution in [0.25, 0.3) is 11.1 Å². The highest BCUT2D eigenvalue weighted by molar-refractivity contribution is 5.78. The van der Waals surface area contributed by atoms with Gasteiger partial charge in [0.1, 0.15) is 0 Å². The highest BCUT2D eigenvalue weighted by atomic mass is 19.1. The second-order valence-corrected chi connectivity index (χ2v) is 7.64. The predicted molar refractivity (Wildman–Crippen MR) is 131 cm³/mol. The summed E-state index contributed by atoms with van der Waals surface area (Å²) in [5.74, 6) is -0.0420. The Bertz CT molecular complexity index is 1300. The number of morpholine rings is 1. The third-order valence-corrected chi connectivity index (χ3v) is 5.25. The van der Waals surface area contributed by atoms with Crippen molar-refractivity contribution in [3.8, 4) is 11.1 Å². The molecular weight excluding hydrogens is 449 g/mol. The van der Waals surface area contributed by atoms with Crippen LogP contribution in [-0.2, 0) is 4.74 Å². The molecule has 35 heavy (non-hydrogen) atoms. The van der Waals surface area contributed by atoms with Crippen molar-refractivity contribution < 1.29 is 9.13 Å². The zero-order valence-corrected chi connectivity index (χ0v) is 18.7. The molecule has 4 aromatic rings. The van der Waals surface area contributed by atoms with E-state index in [2.05, 4.69) is 41.0 Å². The molecule has 1 fully saturated rings. The van der Waals surface area contributed by atoms with Gasteiger partial charge in [-0.25, -0.2) is 14.8 Å². The first-order valence-corrected chi connectivity index (χ1v) is 11.0. The van der Waals surface area contributed by atoms with Crippen LogP contribution in [0.1, 0.15) is 5.69 Å². The molecule has 0 spiro atoms. The molecule has 0 radical (unpaired) electrons. The monoisotopic (exact) mass is 471 g/mol. The third kappa shape index (κ3) is 5.71. The Balaban J connectivity index is 1.20. The second-order valence-electron chi connectivity index (χ2n) is 7.64. The molecule has 0 unspecified atom stereocenters. The minimum atomic E-state index is -0.478. The van der Waals surface area contributed by atoms with Crippen molar-refractivity contribution in [2.75, 3.05) is 41.9 Å². The van der Waals surface area contributed by atoms with Crippen LogP contribution in [0.4, 0.5) is 27.5 Å². The largest absolute Gasteiger partial charge is 0.378 e. The van der Waals surface area contributed by atoms with Crippen LogP contribution >= 0.6 is 0 Å². The van der Waals surface area contributed by atoms with Gasteiger partial charge in [0.25, 0.3) is 0 Å². The summed E-state index contributed by atoms with van der Waals surface area (Å²) in [6.45, 7) is 2.22. The number of nitrogens with zero attached hydrogens (tertiary/aromatic N) is 7. The van der Waals surface area contributed by atoms with Crippen molar-refractivity contribution in [1.29, 1.82) is 0 Å². The summed E-state index contributed by atoms with van der Waals surface area (Å²) in [7, 11) is 0. The maximum absolute atomic E-state index is 14.1. The van der Waals surface area contributed by atoms with E-state index in [0.717, 1.165) is 28.7 Å². The number of anilines is 4. The Morgan fingerprint density at radius 3 is 2.66 bits per heavy atom. The molecule has 2 N–H and O–H groups in total. The van der Waals surface area contributed by atoms with E-state index in [9.17, 15) is 4.39 Å². The number of aromatic nitrogens is 5. The minimum absolute atomic E-state index is 0.201. The topological polar surface area (TPSA) is 113 Å². The van der Waals surface area contributed by atoms with E-state index in [1.54, 1.807) is 24.8 Å². The maximum atomic E-state index is 14.1. The Morgan fingerprint density at radius 2 is 1.86 bits per heavy atom. The molecule has 0 bridgehead atoms. The van der Waals surface area contributed by atoms with Gasteiger partial charge in [0.15, 0.2) is 11.6 Å². The number of hydrogen-bond donors (Lipinski definition) is 2. The highest BCUT2D eigenvalue weighted by Crippen LogP contribution is 2.24. The molecule has 1 aliphatic rings. The van der Waals surface area contributed by atoms with Gasteiger partial charge in [0, 0.05) is 24.3 Å². The van der Waals surface area contributed by atoms with Crippen LogP contribution < -0.4 is 15.6 Å². The van der Waals surface area contributed by atoms with Crippen molar-refractivity contribution in [2.45, 2.75) is 0 Å². The first-order valence-electron chi connectivity index (χ1n) is 11.0. The fraction of sp³-hybridized carbons (Fsp3) is 0.167. The zero-order chi connectivity index (χ0) is 23.9. The van der Waals surface area contributed by atoms with Gasteiger partial charge < -0.3 is 15.0 Å². The predicted octanol–water partition coefficient (Wildman–Crippen LogP) is 3.49. The van der Waals surface area contributed by atoms with Crippen molar-refractivity contribution in [2.24, 2.45) is 5.10 Å². The molecule has 176 valence electrons. The Kier molecular flexibility index (Phi) is 6.76. The van der Waals surface area contributed by atoms with Gasteiger partial charge in [-0.1, -0.05) is 12.1 Å². The lowest BCUT2D eigenvalue weighted by Gasteiger charge is -2.27. The fourth-order valence-electron chi connectivity index (χ4n) is 3.53. The number of halogens is 1. The normalized spacial score (nSPS) is 13.7. The van der Waals surface area contributed by atoms with Crippen LogP contribution in [0.3, 0.4) is 0 Å². The van der Waals surface area contributed by atoms with Crippen molar-refractivity contribution in [1.82, 2.24) is 25.1 Å². The van der Waals surface area contributed by atoms with Crippen LogP contribution in [0, 0.1) is 5.82 Å². The average Bonchev–Trinajstić information content (AvgIpc) is 2.92. The second kappa shape index (κ2) is 10.6. The van der Waals surface area contributed by atoms with Crippen LogP contribution in [0.5, 0.6) is 0 Å². The molecule has 3 aromatic heterocycles. The van der Waals surface area contributed by atoms with Gasteiger partial charge in [-0.2, -0.15) is 20.3 Å². The van der Waals surface area contributed by atoms with Gasteiger partial charge in [-0.05, 0) is 35.9 Å². The standard InChI is InChI=1S/C24H22FN9O/c25-22-16-27-24(32-23(22)34-8-10-35-11-9-34)33-30-15-20-4-5-21(14-26-20)31-19-3-1-2-17(12-19)18-6-7-28-29-13-18/h1-7,12-16,31H,8-11H2,(H,27,32,33)/b30-15+. The van der Waals surface area contributed by atoms with E-state index in [1.807, 2.05) is 47.4 Å². The van der Waals surface area contributed by atoms with E-state index >= 15 is 0 Å². The molecule has 0 saturated carbocycles. The zero-order valence-electron chi connectivity index (χ0n) is 18.7. The van der Waals surface area contributed by atoms with E-state index < -0.39 is 5.82 Å². The number of ether oxygens (including phenoxy) is 1. The number of benzene rings is 1. The van der Waals surface area contributed by atoms with Crippen molar-refractivity contribution in [3.63, 3.8) is 0 Å². The first-order chi connectivity index (χ1) is 17.2. The average molecular weight is 472 g/mol. The van der Waals surface area contributed by atoms with Gasteiger partial charge in [0.2, 0.25) is 5.95 Å². The summed E-state index contributed by atoms with van der Waals surface area (Å²) < 4.78 is 19.5. The molecule has 0 aliphatic carbocycles. The first kappa shape index (κ1) is 22.3. The van der Waals surface area contributed by atoms with E-state index in [0.29, 0.717) is 32.0 Å². The summed E-state index contributed by atoms with van der Waals surface area (Å²) in [6.07, 6.45) is 7.78. The van der Waals surface area contributed by atoms with Crippen molar-refractivity contribution >= 4 is 29.4 Å². The lowest BCUT2D eigenvalue weighted by molar-refractivity contribution is 0.122. The molecule has 1 aliphatic heterocycles. The Labute approximate surface area is 200 Å². The molecule has 0 atom stereocenters.